The molecule has 2 rings (SSSR count). The molecular formula is C11H14FN3O3. The quantitative estimate of drug-likeness (QED) is 0.630. The second kappa shape index (κ2) is 5.18. The molecule has 0 bridgehead atoms. The molecule has 0 saturated carbocycles. The van der Waals surface area contributed by atoms with Crippen LogP contribution in [0.3, 0.4) is 0 Å². The summed E-state index contributed by atoms with van der Waals surface area (Å²) in [5.41, 5.74) is 0.00662. The maximum Gasteiger partial charge on any atom is 0.295 e. The molecule has 0 spiro atoms. The zero-order chi connectivity index (χ0) is 13.1. The molecule has 7 heteroatoms. The van der Waals surface area contributed by atoms with E-state index in [1.807, 2.05) is 0 Å². The van der Waals surface area contributed by atoms with Gasteiger partial charge in [0.1, 0.15) is 5.69 Å². The summed E-state index contributed by atoms with van der Waals surface area (Å²) >= 11 is 0. The number of hydrogen-bond donors (Lipinski definition) is 2. The second-order valence-electron chi connectivity index (χ2n) is 4.10. The Morgan fingerprint density at radius 1 is 1.61 bits per heavy atom. The molecule has 0 amide bonds. The largest absolute Gasteiger partial charge is 0.494 e. The third-order valence-corrected chi connectivity index (χ3v) is 2.89. The molecule has 1 unspecified atom stereocenters. The van der Waals surface area contributed by atoms with Crippen LogP contribution in [0.5, 0.6) is 5.75 Å². The number of methoxy groups -OCH3 is 1. The lowest BCUT2D eigenvalue weighted by molar-refractivity contribution is -0.384. The van der Waals surface area contributed by atoms with Crippen LogP contribution in [0.25, 0.3) is 0 Å². The molecule has 1 aliphatic rings. The van der Waals surface area contributed by atoms with Gasteiger partial charge in [-0.05, 0) is 13.0 Å². The van der Waals surface area contributed by atoms with Crippen LogP contribution in [0.2, 0.25) is 0 Å². The molecule has 1 heterocycles. The summed E-state index contributed by atoms with van der Waals surface area (Å²) in [5, 5.41) is 17.1. The van der Waals surface area contributed by atoms with Gasteiger partial charge < -0.3 is 15.4 Å². The Kier molecular flexibility index (Phi) is 3.61. The molecule has 1 fully saturated rings. The van der Waals surface area contributed by atoms with E-state index in [1.54, 1.807) is 0 Å². The molecular weight excluding hydrogens is 241 g/mol. The average molecular weight is 255 g/mol. The number of nitro benzene ring substituents is 1. The third kappa shape index (κ3) is 2.51. The Labute approximate surface area is 103 Å². The molecule has 1 aromatic rings. The van der Waals surface area contributed by atoms with Gasteiger partial charge in [-0.3, -0.25) is 10.1 Å². The van der Waals surface area contributed by atoms with E-state index in [-0.39, 0.29) is 23.2 Å². The lowest BCUT2D eigenvalue weighted by atomic mass is 10.2. The Morgan fingerprint density at radius 2 is 2.39 bits per heavy atom. The minimum Gasteiger partial charge on any atom is -0.494 e. The van der Waals surface area contributed by atoms with Crippen molar-refractivity contribution < 1.29 is 14.1 Å². The van der Waals surface area contributed by atoms with Crippen molar-refractivity contribution in [3.63, 3.8) is 0 Å². The van der Waals surface area contributed by atoms with E-state index >= 15 is 0 Å². The lowest BCUT2D eigenvalue weighted by Gasteiger charge is -2.14. The van der Waals surface area contributed by atoms with E-state index in [2.05, 4.69) is 10.6 Å². The van der Waals surface area contributed by atoms with Gasteiger partial charge in [0.2, 0.25) is 0 Å². The van der Waals surface area contributed by atoms with Gasteiger partial charge in [-0.1, -0.05) is 0 Å². The Hall–Kier alpha value is -1.89. The molecule has 1 atom stereocenters. The minimum atomic E-state index is -0.737. The van der Waals surface area contributed by atoms with Crippen molar-refractivity contribution in [1.29, 1.82) is 0 Å². The fourth-order valence-corrected chi connectivity index (χ4v) is 1.96. The van der Waals surface area contributed by atoms with Crippen molar-refractivity contribution in [2.45, 2.75) is 12.5 Å². The first kappa shape index (κ1) is 12.6. The van der Waals surface area contributed by atoms with Gasteiger partial charge >= 0.3 is 0 Å². The molecule has 18 heavy (non-hydrogen) atoms. The highest BCUT2D eigenvalue weighted by Crippen LogP contribution is 2.32. The summed E-state index contributed by atoms with van der Waals surface area (Å²) in [7, 11) is 1.32. The molecule has 0 aromatic heterocycles. The Bertz CT molecular complexity index is 461. The van der Waals surface area contributed by atoms with Crippen molar-refractivity contribution in [3.8, 4) is 5.75 Å². The van der Waals surface area contributed by atoms with Gasteiger partial charge in [-0.2, -0.15) is 0 Å². The van der Waals surface area contributed by atoms with E-state index in [9.17, 15) is 14.5 Å². The van der Waals surface area contributed by atoms with E-state index in [4.69, 9.17) is 4.74 Å². The number of nitrogens with one attached hydrogen (secondary N) is 2. The standard InChI is InChI=1S/C11H14FN3O3/c1-18-11-5-9(14-7-2-3-13-6-7)10(15(16)17)4-8(11)12/h4-5,7,13-14H,2-3,6H2,1H3. The maximum absolute atomic E-state index is 13.4. The summed E-state index contributed by atoms with van der Waals surface area (Å²) in [6.07, 6.45) is 0.872. The predicted octanol–water partition coefficient (Wildman–Crippen LogP) is 1.52. The first-order chi connectivity index (χ1) is 8.61. The maximum atomic E-state index is 13.4. The number of rotatable bonds is 4. The smallest absolute Gasteiger partial charge is 0.295 e. The van der Waals surface area contributed by atoms with Gasteiger partial charge in [-0.15, -0.1) is 0 Å². The van der Waals surface area contributed by atoms with Crippen LogP contribution < -0.4 is 15.4 Å². The lowest BCUT2D eigenvalue weighted by Crippen LogP contribution is -2.22. The molecule has 1 aromatic carbocycles. The number of ether oxygens (including phenoxy) is 1. The van der Waals surface area contributed by atoms with Crippen LogP contribution in [0.15, 0.2) is 12.1 Å². The fraction of sp³-hybridized carbons (Fsp3) is 0.455. The molecule has 1 saturated heterocycles. The predicted molar refractivity (Wildman–Crippen MR) is 64.5 cm³/mol. The van der Waals surface area contributed by atoms with E-state index in [1.165, 1.54) is 13.2 Å². The summed E-state index contributed by atoms with van der Waals surface area (Å²) in [5.74, 6) is -0.742. The van der Waals surface area contributed by atoms with Gasteiger partial charge in [0.05, 0.1) is 18.1 Å². The van der Waals surface area contributed by atoms with E-state index in [0.717, 1.165) is 25.6 Å². The first-order valence-electron chi connectivity index (χ1n) is 5.61. The highest BCUT2D eigenvalue weighted by atomic mass is 19.1. The van der Waals surface area contributed by atoms with Crippen LogP contribution in [-0.2, 0) is 0 Å². The minimum absolute atomic E-state index is 0.00550. The van der Waals surface area contributed by atoms with Gasteiger partial charge in [0, 0.05) is 18.7 Å². The number of benzene rings is 1. The summed E-state index contributed by atoms with van der Waals surface area (Å²) < 4.78 is 18.3. The summed E-state index contributed by atoms with van der Waals surface area (Å²) in [4.78, 5) is 10.3. The van der Waals surface area contributed by atoms with Gasteiger partial charge in [0.15, 0.2) is 11.6 Å². The highest BCUT2D eigenvalue weighted by Gasteiger charge is 2.22. The average Bonchev–Trinajstić information content (AvgIpc) is 2.83. The number of nitrogens with zero attached hydrogens (tertiary/aromatic N) is 1. The normalized spacial score (nSPS) is 18.7. The monoisotopic (exact) mass is 255 g/mol. The zero-order valence-electron chi connectivity index (χ0n) is 9.90. The topological polar surface area (TPSA) is 76.4 Å². The molecule has 6 nitrogen and oxygen atoms in total. The molecule has 2 N–H and O–H groups in total. The SMILES string of the molecule is COc1cc(NC2CCNC2)c([N+](=O)[O-])cc1F. The number of anilines is 1. The van der Waals surface area contributed by atoms with Crippen LogP contribution in [0.4, 0.5) is 15.8 Å². The van der Waals surface area contributed by atoms with E-state index in [0.29, 0.717) is 0 Å². The summed E-state index contributed by atoms with van der Waals surface area (Å²) in [6.45, 7) is 1.60. The third-order valence-electron chi connectivity index (χ3n) is 2.89. The molecule has 1 aliphatic heterocycles. The number of hydrogen-bond acceptors (Lipinski definition) is 5. The van der Waals surface area contributed by atoms with Crippen LogP contribution in [0.1, 0.15) is 6.42 Å². The van der Waals surface area contributed by atoms with Crippen molar-refractivity contribution in [2.24, 2.45) is 0 Å². The highest BCUT2D eigenvalue weighted by molar-refractivity contribution is 5.65. The van der Waals surface area contributed by atoms with Crippen LogP contribution in [-0.4, -0.2) is 31.2 Å². The van der Waals surface area contributed by atoms with Crippen LogP contribution in [0, 0.1) is 15.9 Å². The Morgan fingerprint density at radius 3 is 2.94 bits per heavy atom. The van der Waals surface area contributed by atoms with Crippen molar-refractivity contribution in [1.82, 2.24) is 5.32 Å². The van der Waals surface area contributed by atoms with Crippen molar-refractivity contribution in [3.05, 3.63) is 28.1 Å². The zero-order valence-corrected chi connectivity index (χ0v) is 9.90. The van der Waals surface area contributed by atoms with Crippen molar-refractivity contribution >= 4 is 11.4 Å². The number of halogens is 1. The molecule has 98 valence electrons. The summed E-state index contributed by atoms with van der Waals surface area (Å²) in [6, 6.07) is 2.31. The first-order valence-corrected chi connectivity index (χ1v) is 5.61. The fourth-order valence-electron chi connectivity index (χ4n) is 1.96. The number of nitro groups is 1. The molecule has 0 aliphatic carbocycles. The van der Waals surface area contributed by atoms with Gasteiger partial charge in [-0.25, -0.2) is 4.39 Å². The van der Waals surface area contributed by atoms with Crippen LogP contribution >= 0.6 is 0 Å². The van der Waals surface area contributed by atoms with Crippen molar-refractivity contribution in [2.75, 3.05) is 25.5 Å². The molecule has 0 radical (unpaired) electrons. The van der Waals surface area contributed by atoms with Gasteiger partial charge in [0.25, 0.3) is 5.69 Å². The van der Waals surface area contributed by atoms with E-state index < -0.39 is 10.7 Å². The second-order valence-corrected chi connectivity index (χ2v) is 4.10. The Balaban J connectivity index is 2.32.